The molecule has 0 fully saturated rings. The molecule has 0 spiro atoms. The summed E-state index contributed by atoms with van der Waals surface area (Å²) >= 11 is 0. The molecule has 0 amide bonds. The Labute approximate surface area is 193 Å². The summed E-state index contributed by atoms with van der Waals surface area (Å²) < 4.78 is 106. The van der Waals surface area contributed by atoms with Crippen molar-refractivity contribution < 1.29 is 39.5 Å². The second-order valence-corrected chi connectivity index (χ2v) is 9.29. The van der Waals surface area contributed by atoms with Crippen LogP contribution < -0.4 is 4.74 Å². The molecule has 0 atom stereocenters. The van der Waals surface area contributed by atoms with Crippen LogP contribution in [0.25, 0.3) is 28.3 Å². The van der Waals surface area contributed by atoms with Crippen molar-refractivity contribution in [3.8, 4) is 28.3 Å². The maximum absolute atomic E-state index is 12.9. The fraction of sp³-hybridized carbons (Fsp3) is 0.200. The summed E-state index contributed by atoms with van der Waals surface area (Å²) in [4.78, 5) is 11.2. The van der Waals surface area contributed by atoms with E-state index < -0.39 is 33.9 Å². The topological polar surface area (TPSA) is 99.3 Å². The fourth-order valence-corrected chi connectivity index (χ4v) is 4.12. The molecule has 0 saturated carbocycles. The van der Waals surface area contributed by atoms with Crippen molar-refractivity contribution in [2.24, 2.45) is 0 Å². The monoisotopic (exact) mass is 517 g/mol. The largest absolute Gasteiger partial charge is 0.573 e. The van der Waals surface area contributed by atoms with Gasteiger partial charge in [-0.1, -0.05) is 6.92 Å². The van der Waals surface area contributed by atoms with Gasteiger partial charge in [-0.25, -0.2) is 22.9 Å². The van der Waals surface area contributed by atoms with Crippen LogP contribution >= 0.6 is 0 Å². The Morgan fingerprint density at radius 2 is 1.63 bits per heavy atom. The third-order valence-electron chi connectivity index (χ3n) is 4.68. The Balaban J connectivity index is 1.83. The van der Waals surface area contributed by atoms with Crippen LogP contribution in [0, 0.1) is 0 Å². The van der Waals surface area contributed by atoms with E-state index in [9.17, 15) is 34.8 Å². The molecule has 8 nitrogen and oxygen atoms in total. The van der Waals surface area contributed by atoms with Crippen LogP contribution in [-0.2, 0) is 16.0 Å². The molecule has 0 N–H and O–H groups in total. The third kappa shape index (κ3) is 5.18. The highest BCUT2D eigenvalue weighted by atomic mass is 32.2. The maximum atomic E-state index is 12.9. The van der Waals surface area contributed by atoms with Crippen molar-refractivity contribution in [3.63, 3.8) is 0 Å². The fourth-order valence-electron chi connectivity index (χ4n) is 3.07. The SMILES string of the molecule is CCS(=O)(=O)c1ccc(-c2ccc(OC(F)(F)F)cc2)nc1-c1cnc2nc(C(F)(F)F)nn2c1. The highest BCUT2D eigenvalue weighted by Gasteiger charge is 2.36. The van der Waals surface area contributed by atoms with E-state index in [0.717, 1.165) is 29.0 Å². The van der Waals surface area contributed by atoms with E-state index >= 15 is 0 Å². The minimum absolute atomic E-state index is 0.0297. The first-order valence-corrected chi connectivity index (χ1v) is 11.3. The Hall–Kier alpha value is -3.75. The van der Waals surface area contributed by atoms with Crippen molar-refractivity contribution in [2.75, 3.05) is 5.75 Å². The lowest BCUT2D eigenvalue weighted by molar-refractivity contribution is -0.274. The molecule has 0 unspecified atom stereocenters. The van der Waals surface area contributed by atoms with Gasteiger partial charge in [-0.3, -0.25) is 0 Å². The van der Waals surface area contributed by atoms with Crippen LogP contribution in [0.3, 0.4) is 0 Å². The quantitative estimate of drug-likeness (QED) is 0.358. The van der Waals surface area contributed by atoms with Gasteiger partial charge in [0.1, 0.15) is 5.75 Å². The summed E-state index contributed by atoms with van der Waals surface area (Å²) in [6.45, 7) is 1.40. The number of pyridine rings is 1. The molecular weight excluding hydrogens is 504 g/mol. The molecule has 4 aromatic rings. The van der Waals surface area contributed by atoms with Gasteiger partial charge in [0.2, 0.25) is 0 Å². The van der Waals surface area contributed by atoms with Crippen LogP contribution in [0.1, 0.15) is 12.7 Å². The van der Waals surface area contributed by atoms with Crippen molar-refractivity contribution in [1.29, 1.82) is 0 Å². The van der Waals surface area contributed by atoms with Gasteiger partial charge >= 0.3 is 12.5 Å². The van der Waals surface area contributed by atoms with Gasteiger partial charge in [0, 0.05) is 23.5 Å². The van der Waals surface area contributed by atoms with Crippen molar-refractivity contribution >= 4 is 15.6 Å². The molecule has 0 aliphatic carbocycles. The average molecular weight is 517 g/mol. The van der Waals surface area contributed by atoms with Gasteiger partial charge in [-0.2, -0.15) is 18.2 Å². The Morgan fingerprint density at radius 1 is 0.943 bits per heavy atom. The molecule has 0 radical (unpaired) electrons. The molecule has 1 aromatic carbocycles. The summed E-state index contributed by atoms with van der Waals surface area (Å²) in [7, 11) is -3.83. The second kappa shape index (κ2) is 8.48. The van der Waals surface area contributed by atoms with Gasteiger partial charge < -0.3 is 4.74 Å². The van der Waals surface area contributed by atoms with E-state index in [1.165, 1.54) is 31.2 Å². The maximum Gasteiger partial charge on any atom is 0.573 e. The van der Waals surface area contributed by atoms with Gasteiger partial charge in [0.05, 0.1) is 22.0 Å². The van der Waals surface area contributed by atoms with Crippen molar-refractivity contribution in [2.45, 2.75) is 24.4 Å². The number of ether oxygens (including phenoxy) is 1. The number of aromatic nitrogens is 5. The first-order valence-electron chi connectivity index (χ1n) is 9.67. The van der Waals surface area contributed by atoms with Crippen LogP contribution in [-0.4, -0.2) is 45.1 Å². The molecule has 0 aliphatic heterocycles. The van der Waals surface area contributed by atoms with E-state index in [1.807, 2.05) is 0 Å². The Kier molecular flexibility index (Phi) is 5.91. The van der Waals surface area contributed by atoms with Crippen molar-refractivity contribution in [3.05, 3.63) is 54.6 Å². The number of rotatable bonds is 5. The summed E-state index contributed by atoms with van der Waals surface area (Å²) in [6, 6.07) is 7.30. The number of halogens is 6. The van der Waals surface area contributed by atoms with Gasteiger partial charge in [0.15, 0.2) is 9.84 Å². The van der Waals surface area contributed by atoms with E-state index in [2.05, 4.69) is 24.8 Å². The number of hydrogen-bond acceptors (Lipinski definition) is 7. The molecule has 0 bridgehead atoms. The number of alkyl halides is 6. The standard InChI is InChI=1S/C20H13F6N5O3S/c1-2-35(32,33)15-8-7-14(11-3-5-13(6-4-11)34-20(24,25)26)28-16(15)12-9-27-18-29-17(19(21,22)23)30-31(18)10-12/h3-10H,2H2,1H3. The number of benzene rings is 1. The first-order chi connectivity index (χ1) is 16.3. The van der Waals surface area contributed by atoms with Crippen molar-refractivity contribution in [1.82, 2.24) is 24.6 Å². The van der Waals surface area contributed by atoms with Gasteiger partial charge in [-0.05, 0) is 36.4 Å². The Bertz CT molecular complexity index is 1500. The lowest BCUT2D eigenvalue weighted by Gasteiger charge is -2.12. The van der Waals surface area contributed by atoms with Gasteiger partial charge in [-0.15, -0.1) is 18.3 Å². The van der Waals surface area contributed by atoms with E-state index in [1.54, 1.807) is 0 Å². The lowest BCUT2D eigenvalue weighted by Crippen LogP contribution is -2.16. The van der Waals surface area contributed by atoms with Crippen LogP contribution in [0.15, 0.2) is 53.7 Å². The molecular formula is C20H13F6N5O3S. The van der Waals surface area contributed by atoms with E-state index in [-0.39, 0.29) is 33.4 Å². The number of sulfone groups is 1. The minimum Gasteiger partial charge on any atom is -0.406 e. The van der Waals surface area contributed by atoms with Gasteiger partial charge in [0.25, 0.3) is 11.6 Å². The number of fused-ring (bicyclic) bond motifs is 1. The molecule has 184 valence electrons. The summed E-state index contributed by atoms with van der Waals surface area (Å²) in [5.41, 5.74) is 0.416. The first kappa shape index (κ1) is 24.4. The lowest BCUT2D eigenvalue weighted by atomic mass is 10.1. The highest BCUT2D eigenvalue weighted by molar-refractivity contribution is 7.91. The summed E-state index contributed by atoms with van der Waals surface area (Å²) in [5.74, 6) is -2.54. The second-order valence-electron chi connectivity index (χ2n) is 7.04. The zero-order valence-electron chi connectivity index (χ0n) is 17.5. The predicted molar refractivity (Wildman–Crippen MR) is 109 cm³/mol. The molecule has 35 heavy (non-hydrogen) atoms. The van der Waals surface area contributed by atoms with Crippen LogP contribution in [0.4, 0.5) is 26.3 Å². The molecule has 15 heteroatoms. The van der Waals surface area contributed by atoms with Crippen LogP contribution in [0.5, 0.6) is 5.75 Å². The smallest absolute Gasteiger partial charge is 0.406 e. The van der Waals surface area contributed by atoms with Crippen LogP contribution in [0.2, 0.25) is 0 Å². The Morgan fingerprint density at radius 3 is 2.23 bits per heavy atom. The third-order valence-corrected chi connectivity index (χ3v) is 6.44. The molecule has 0 aliphatic rings. The normalized spacial score (nSPS) is 12.8. The predicted octanol–water partition coefficient (Wildman–Crippen LogP) is 4.56. The number of hydrogen-bond donors (Lipinski definition) is 0. The van der Waals surface area contributed by atoms with E-state index in [4.69, 9.17) is 0 Å². The zero-order chi connectivity index (χ0) is 25.6. The average Bonchev–Trinajstić information content (AvgIpc) is 3.22. The zero-order valence-corrected chi connectivity index (χ0v) is 18.3. The molecule has 4 rings (SSSR count). The molecule has 3 aromatic heterocycles. The summed E-state index contributed by atoms with van der Waals surface area (Å²) in [5, 5.41) is 3.34. The minimum atomic E-state index is -4.87. The highest BCUT2D eigenvalue weighted by Crippen LogP contribution is 2.32. The number of nitrogens with zero attached hydrogens (tertiary/aromatic N) is 5. The van der Waals surface area contributed by atoms with E-state index in [0.29, 0.717) is 5.56 Å². The molecule has 3 heterocycles. The summed E-state index contributed by atoms with van der Waals surface area (Å²) in [6.07, 6.45) is -7.48. The molecule has 0 saturated heterocycles.